The Bertz CT molecular complexity index is 774. The van der Waals surface area contributed by atoms with Crippen molar-refractivity contribution in [1.29, 1.82) is 0 Å². The van der Waals surface area contributed by atoms with Gasteiger partial charge in [0, 0.05) is 17.7 Å². The van der Waals surface area contributed by atoms with E-state index in [1.165, 1.54) is 24.7 Å². The van der Waals surface area contributed by atoms with Crippen molar-refractivity contribution in [1.82, 2.24) is 4.72 Å². The quantitative estimate of drug-likeness (QED) is 0.839. The summed E-state index contributed by atoms with van der Waals surface area (Å²) in [5.41, 5.74) is 6.61. The van der Waals surface area contributed by atoms with Crippen LogP contribution in [0.5, 0.6) is 0 Å². The molecule has 0 bridgehead atoms. The summed E-state index contributed by atoms with van der Waals surface area (Å²) in [6.07, 6.45) is 2.94. The molecule has 0 saturated heterocycles. The molecule has 21 heavy (non-hydrogen) atoms. The third kappa shape index (κ3) is 4.09. The van der Waals surface area contributed by atoms with Gasteiger partial charge in [0.1, 0.15) is 4.90 Å². The number of hydrogen-bond acceptors (Lipinski definition) is 4. The van der Waals surface area contributed by atoms with Crippen LogP contribution in [0.15, 0.2) is 46.1 Å². The van der Waals surface area contributed by atoms with Gasteiger partial charge in [0.15, 0.2) is 0 Å². The van der Waals surface area contributed by atoms with E-state index in [4.69, 9.17) is 21.8 Å². The van der Waals surface area contributed by atoms with E-state index in [2.05, 4.69) is 16.6 Å². The fourth-order valence-electron chi connectivity index (χ4n) is 1.60. The summed E-state index contributed by atoms with van der Waals surface area (Å²) in [5.74, 6) is 5.47. The van der Waals surface area contributed by atoms with E-state index in [9.17, 15) is 8.42 Å². The molecule has 0 fully saturated rings. The molecule has 0 unspecified atom stereocenters. The molecule has 0 aliphatic rings. The van der Waals surface area contributed by atoms with Crippen molar-refractivity contribution in [3.8, 4) is 11.8 Å². The molecular formula is C14H13ClN2O3S. The first kappa shape index (κ1) is 15.6. The zero-order valence-electron chi connectivity index (χ0n) is 11.0. The number of nitrogens with one attached hydrogen (secondary N) is 1. The first-order valence-corrected chi connectivity index (χ1v) is 7.88. The molecule has 3 N–H and O–H groups in total. The summed E-state index contributed by atoms with van der Waals surface area (Å²) in [6, 6.07) is 6.17. The Morgan fingerprint density at radius 1 is 1.33 bits per heavy atom. The number of benzene rings is 1. The minimum absolute atomic E-state index is 0.00552. The Hall–Kier alpha value is -1.78. The lowest BCUT2D eigenvalue weighted by molar-refractivity contribution is 0.561. The van der Waals surface area contributed by atoms with Crippen LogP contribution in [0.25, 0.3) is 0 Å². The van der Waals surface area contributed by atoms with Crippen LogP contribution in [0, 0.1) is 11.8 Å². The minimum Gasteiger partial charge on any atom is -0.472 e. The summed E-state index contributed by atoms with van der Waals surface area (Å²) < 4.78 is 31.7. The number of furan rings is 1. The summed E-state index contributed by atoms with van der Waals surface area (Å²) in [5, 5.41) is 0.110. The molecule has 110 valence electrons. The predicted molar refractivity (Wildman–Crippen MR) is 80.1 cm³/mol. The monoisotopic (exact) mass is 324 g/mol. The second-order valence-corrected chi connectivity index (χ2v) is 6.25. The third-order valence-electron chi connectivity index (χ3n) is 2.60. The van der Waals surface area contributed by atoms with E-state index in [-0.39, 0.29) is 23.0 Å². The molecule has 5 nitrogen and oxygen atoms in total. The number of hydrogen-bond donors (Lipinski definition) is 2. The summed E-state index contributed by atoms with van der Waals surface area (Å²) in [6.45, 7) is 0.355. The average molecular weight is 325 g/mol. The lowest BCUT2D eigenvalue weighted by Gasteiger charge is -2.07. The fourth-order valence-corrected chi connectivity index (χ4v) is 3.16. The molecule has 0 aliphatic carbocycles. The zero-order chi connectivity index (χ0) is 15.3. The molecule has 7 heteroatoms. The van der Waals surface area contributed by atoms with Crippen molar-refractivity contribution in [2.24, 2.45) is 5.73 Å². The highest BCUT2D eigenvalue weighted by molar-refractivity contribution is 7.89. The highest BCUT2D eigenvalue weighted by Gasteiger charge is 2.17. The summed E-state index contributed by atoms with van der Waals surface area (Å²) >= 11 is 6.02. The van der Waals surface area contributed by atoms with E-state index >= 15 is 0 Å². The second kappa shape index (κ2) is 6.78. The van der Waals surface area contributed by atoms with Gasteiger partial charge in [-0.3, -0.25) is 0 Å². The second-order valence-electron chi connectivity index (χ2n) is 4.11. The van der Waals surface area contributed by atoms with Gasteiger partial charge in [0.25, 0.3) is 0 Å². The molecule has 1 aromatic heterocycles. The Kier molecular flexibility index (Phi) is 5.04. The van der Waals surface area contributed by atoms with Gasteiger partial charge in [-0.25, -0.2) is 13.1 Å². The van der Waals surface area contributed by atoms with Crippen LogP contribution in [-0.2, 0) is 16.6 Å². The van der Waals surface area contributed by atoms with Crippen LogP contribution >= 0.6 is 11.6 Å². The maximum Gasteiger partial charge on any atom is 0.242 e. The molecule has 0 saturated carbocycles. The lowest BCUT2D eigenvalue weighted by atomic mass is 10.2. The zero-order valence-corrected chi connectivity index (χ0v) is 12.5. The minimum atomic E-state index is -3.70. The molecule has 0 amide bonds. The van der Waals surface area contributed by atoms with Crippen molar-refractivity contribution in [2.75, 3.05) is 6.54 Å². The number of nitrogens with two attached hydrogens (primary N) is 1. The van der Waals surface area contributed by atoms with Crippen molar-refractivity contribution in [3.63, 3.8) is 0 Å². The van der Waals surface area contributed by atoms with E-state index in [1.54, 1.807) is 12.1 Å². The molecule has 0 atom stereocenters. The van der Waals surface area contributed by atoms with Gasteiger partial charge in [0.05, 0.1) is 24.1 Å². The van der Waals surface area contributed by atoms with Crippen LogP contribution < -0.4 is 10.5 Å². The Balaban J connectivity index is 2.19. The van der Waals surface area contributed by atoms with Crippen molar-refractivity contribution < 1.29 is 12.8 Å². The SMILES string of the molecule is NCC#Cc1ccc(S(=O)(=O)NCc2ccoc2)c(Cl)c1. The van der Waals surface area contributed by atoms with Crippen LogP contribution in [0.3, 0.4) is 0 Å². The van der Waals surface area contributed by atoms with Crippen LogP contribution in [0.4, 0.5) is 0 Å². The van der Waals surface area contributed by atoms with Crippen molar-refractivity contribution in [2.45, 2.75) is 11.4 Å². The van der Waals surface area contributed by atoms with Crippen molar-refractivity contribution >= 4 is 21.6 Å². The normalized spacial score (nSPS) is 11.0. The first-order valence-electron chi connectivity index (χ1n) is 6.02. The van der Waals surface area contributed by atoms with E-state index in [1.807, 2.05) is 0 Å². The molecule has 1 aromatic carbocycles. The maximum absolute atomic E-state index is 12.2. The largest absolute Gasteiger partial charge is 0.472 e. The van der Waals surface area contributed by atoms with E-state index in [0.717, 1.165) is 5.56 Å². The molecular weight excluding hydrogens is 312 g/mol. The van der Waals surface area contributed by atoms with Crippen molar-refractivity contribution in [3.05, 3.63) is 52.9 Å². The first-order chi connectivity index (χ1) is 10.0. The third-order valence-corrected chi connectivity index (χ3v) is 4.49. The van der Waals surface area contributed by atoms with Gasteiger partial charge in [-0.15, -0.1) is 0 Å². The smallest absolute Gasteiger partial charge is 0.242 e. The van der Waals surface area contributed by atoms with Crippen LogP contribution in [0.2, 0.25) is 5.02 Å². The maximum atomic E-state index is 12.2. The van der Waals surface area contributed by atoms with E-state index in [0.29, 0.717) is 5.56 Å². The molecule has 2 rings (SSSR count). The lowest BCUT2D eigenvalue weighted by Crippen LogP contribution is -2.23. The molecule has 0 aliphatic heterocycles. The topological polar surface area (TPSA) is 85.3 Å². The van der Waals surface area contributed by atoms with Gasteiger partial charge in [0.2, 0.25) is 10.0 Å². The Morgan fingerprint density at radius 2 is 2.14 bits per heavy atom. The Morgan fingerprint density at radius 3 is 2.76 bits per heavy atom. The summed E-state index contributed by atoms with van der Waals surface area (Å²) in [7, 11) is -3.70. The van der Waals surface area contributed by atoms with Gasteiger partial charge in [-0.1, -0.05) is 23.4 Å². The van der Waals surface area contributed by atoms with Gasteiger partial charge < -0.3 is 10.2 Å². The van der Waals surface area contributed by atoms with Crippen LogP contribution in [0.1, 0.15) is 11.1 Å². The van der Waals surface area contributed by atoms with Gasteiger partial charge in [-0.05, 0) is 24.3 Å². The molecule has 0 spiro atoms. The van der Waals surface area contributed by atoms with Gasteiger partial charge in [-0.2, -0.15) is 0 Å². The number of rotatable bonds is 4. The average Bonchev–Trinajstić information content (AvgIpc) is 2.96. The molecule has 0 radical (unpaired) electrons. The van der Waals surface area contributed by atoms with E-state index < -0.39 is 10.0 Å². The highest BCUT2D eigenvalue weighted by Crippen LogP contribution is 2.22. The fraction of sp³-hybridized carbons (Fsp3) is 0.143. The predicted octanol–water partition coefficient (Wildman–Crippen LogP) is 1.72. The van der Waals surface area contributed by atoms with Gasteiger partial charge >= 0.3 is 0 Å². The molecule has 1 heterocycles. The number of sulfonamides is 1. The molecule has 2 aromatic rings. The number of halogens is 1. The standard InChI is InChI=1S/C14H13ClN2O3S/c15-13-8-11(2-1-6-16)3-4-14(13)21(18,19)17-9-12-5-7-20-10-12/h3-5,7-8,10,17H,6,9,16H2. The highest BCUT2D eigenvalue weighted by atomic mass is 35.5. The Labute approximate surface area is 128 Å². The summed E-state index contributed by atoms with van der Waals surface area (Å²) in [4.78, 5) is 0.00552. The van der Waals surface area contributed by atoms with Crippen LogP contribution in [-0.4, -0.2) is 15.0 Å².